The molecule has 9 nitrogen and oxygen atoms in total. The van der Waals surface area contributed by atoms with Crippen LogP contribution < -0.4 is 20.9 Å². The molecule has 37 heavy (non-hydrogen) atoms. The Morgan fingerprint density at radius 1 is 1.16 bits per heavy atom. The van der Waals surface area contributed by atoms with Gasteiger partial charge in [0.25, 0.3) is 5.91 Å². The minimum Gasteiger partial charge on any atom is -0.480 e. The van der Waals surface area contributed by atoms with Crippen molar-refractivity contribution >= 4 is 45.6 Å². The van der Waals surface area contributed by atoms with Gasteiger partial charge in [0.15, 0.2) is 5.13 Å². The highest BCUT2D eigenvalue weighted by atomic mass is 32.1. The summed E-state index contributed by atoms with van der Waals surface area (Å²) < 4.78 is 0. The predicted octanol–water partition coefficient (Wildman–Crippen LogP) is 3.09. The molecule has 0 saturated carbocycles. The lowest BCUT2D eigenvalue weighted by Gasteiger charge is -2.37. The van der Waals surface area contributed by atoms with Crippen LogP contribution in [-0.2, 0) is 16.0 Å². The molecule has 4 heterocycles. The summed E-state index contributed by atoms with van der Waals surface area (Å²) in [5.41, 5.74) is 0.728. The van der Waals surface area contributed by atoms with Gasteiger partial charge in [0, 0.05) is 24.5 Å². The second-order valence-corrected chi connectivity index (χ2v) is 12.2. The van der Waals surface area contributed by atoms with Gasteiger partial charge in [-0.15, -0.1) is 11.3 Å². The van der Waals surface area contributed by atoms with Gasteiger partial charge in [-0.1, -0.05) is 31.3 Å². The fourth-order valence-electron chi connectivity index (χ4n) is 5.18. The number of anilines is 1. The monoisotopic (exact) mass is 547 g/mol. The molecule has 4 N–H and O–H groups in total. The molecule has 2 aliphatic heterocycles. The third-order valence-corrected chi connectivity index (χ3v) is 9.28. The van der Waals surface area contributed by atoms with Crippen LogP contribution in [0.5, 0.6) is 0 Å². The fourth-order valence-corrected chi connectivity index (χ4v) is 7.07. The van der Waals surface area contributed by atoms with Crippen molar-refractivity contribution in [1.82, 2.24) is 20.9 Å². The smallest absolute Gasteiger partial charge is 0.328 e. The van der Waals surface area contributed by atoms with Gasteiger partial charge in [0.05, 0.1) is 12.1 Å². The van der Waals surface area contributed by atoms with Gasteiger partial charge in [-0.05, 0) is 68.0 Å². The Kier molecular flexibility index (Phi) is 9.55. The number of carboxylic acid groups (broad SMARTS) is 1. The number of thiophene rings is 1. The maximum Gasteiger partial charge on any atom is 0.328 e. The molecule has 2 saturated heterocycles. The Morgan fingerprint density at radius 2 is 1.86 bits per heavy atom. The fraction of sp³-hybridized carbons (Fsp3) is 0.615. The van der Waals surface area contributed by atoms with E-state index in [0.717, 1.165) is 66.6 Å². The molecule has 2 aromatic rings. The Bertz CT molecular complexity index is 1060. The maximum absolute atomic E-state index is 13.1. The SMILES string of the molecule is CC(C)c1nc(N2CCC(C3CCNCC3)CC2)sc1C(=O)NC[C@H](NC(=O)Cc1cccs1)C(=O)O. The number of piperidine rings is 2. The van der Waals surface area contributed by atoms with Gasteiger partial charge >= 0.3 is 5.97 Å². The molecule has 11 heteroatoms. The van der Waals surface area contributed by atoms with Gasteiger partial charge in [0.2, 0.25) is 5.91 Å². The Balaban J connectivity index is 1.35. The average Bonchev–Trinajstić information content (AvgIpc) is 3.57. The third kappa shape index (κ3) is 7.30. The van der Waals surface area contributed by atoms with Gasteiger partial charge in [-0.2, -0.15) is 0 Å². The molecule has 0 bridgehead atoms. The standard InChI is InChI=1S/C26H37N5O4S2/c1-16(2)22-23(24(33)28-15-20(25(34)35)29-21(32)14-19-4-3-13-36-19)37-26(30-22)31-11-7-18(8-12-31)17-5-9-27-10-6-17/h3-4,13,16-18,20,27H,5-12,14-15H2,1-2H3,(H,28,33)(H,29,32)(H,34,35)/t20-/m0/s1. The van der Waals surface area contributed by atoms with Crippen LogP contribution >= 0.6 is 22.7 Å². The Labute approximate surface area is 226 Å². The molecule has 2 aliphatic rings. The van der Waals surface area contributed by atoms with Crippen LogP contribution in [0.1, 0.15) is 65.7 Å². The topological polar surface area (TPSA) is 124 Å². The first-order valence-electron chi connectivity index (χ1n) is 13.1. The van der Waals surface area contributed by atoms with E-state index in [4.69, 9.17) is 4.98 Å². The van der Waals surface area contributed by atoms with Crippen LogP contribution in [0.4, 0.5) is 5.13 Å². The third-order valence-electron chi connectivity index (χ3n) is 7.27. The molecular weight excluding hydrogens is 510 g/mol. The molecule has 0 unspecified atom stereocenters. The van der Waals surface area contributed by atoms with Crippen molar-refractivity contribution in [3.05, 3.63) is 33.0 Å². The maximum atomic E-state index is 13.1. The van der Waals surface area contributed by atoms with E-state index in [0.29, 0.717) is 4.88 Å². The number of aliphatic carboxylic acids is 1. The molecule has 0 radical (unpaired) electrons. The largest absolute Gasteiger partial charge is 0.480 e. The van der Waals surface area contributed by atoms with E-state index in [1.54, 1.807) is 0 Å². The van der Waals surface area contributed by atoms with Crippen LogP contribution in [0.25, 0.3) is 0 Å². The van der Waals surface area contributed by atoms with Crippen molar-refractivity contribution in [2.45, 2.75) is 57.9 Å². The second-order valence-electron chi connectivity index (χ2n) is 10.2. The molecule has 2 fully saturated rings. The summed E-state index contributed by atoms with van der Waals surface area (Å²) in [5, 5.41) is 21.0. The van der Waals surface area contributed by atoms with Crippen LogP contribution in [0.3, 0.4) is 0 Å². The van der Waals surface area contributed by atoms with E-state index < -0.39 is 12.0 Å². The molecule has 2 amide bonds. The van der Waals surface area contributed by atoms with Gasteiger partial charge in [-0.25, -0.2) is 9.78 Å². The Morgan fingerprint density at radius 3 is 2.49 bits per heavy atom. The van der Waals surface area contributed by atoms with Crippen molar-refractivity contribution in [1.29, 1.82) is 0 Å². The summed E-state index contributed by atoms with van der Waals surface area (Å²) in [6.45, 7) is 7.93. The summed E-state index contributed by atoms with van der Waals surface area (Å²) in [6.07, 6.45) is 4.92. The van der Waals surface area contributed by atoms with Crippen LogP contribution in [0.2, 0.25) is 0 Å². The molecule has 1 atom stereocenters. The van der Waals surface area contributed by atoms with Crippen molar-refractivity contribution in [2.75, 3.05) is 37.6 Å². The predicted molar refractivity (Wildman–Crippen MR) is 147 cm³/mol. The van der Waals surface area contributed by atoms with Gasteiger partial charge < -0.3 is 26.0 Å². The van der Waals surface area contributed by atoms with Crippen LogP contribution in [-0.4, -0.2) is 66.6 Å². The quantitative estimate of drug-likeness (QED) is 0.360. The lowest BCUT2D eigenvalue weighted by atomic mass is 9.79. The zero-order valence-corrected chi connectivity index (χ0v) is 23.1. The number of rotatable bonds is 10. The molecular formula is C26H37N5O4S2. The highest BCUT2D eigenvalue weighted by Crippen LogP contribution is 2.36. The van der Waals surface area contributed by atoms with E-state index in [1.165, 1.54) is 35.5 Å². The summed E-state index contributed by atoms with van der Waals surface area (Å²) >= 11 is 2.81. The average molecular weight is 548 g/mol. The van der Waals surface area contributed by atoms with Crippen molar-refractivity contribution < 1.29 is 19.5 Å². The summed E-state index contributed by atoms with van der Waals surface area (Å²) in [7, 11) is 0. The van der Waals surface area contributed by atoms with Gasteiger partial charge in [0.1, 0.15) is 10.9 Å². The molecule has 202 valence electrons. The van der Waals surface area contributed by atoms with Crippen molar-refractivity contribution in [3.63, 3.8) is 0 Å². The second kappa shape index (κ2) is 12.8. The number of carbonyl (C=O) groups is 3. The first-order valence-corrected chi connectivity index (χ1v) is 14.8. The number of nitrogens with one attached hydrogen (secondary N) is 3. The number of nitrogens with zero attached hydrogens (tertiary/aromatic N) is 2. The van der Waals surface area contributed by atoms with Crippen LogP contribution in [0, 0.1) is 11.8 Å². The van der Waals surface area contributed by atoms with E-state index in [1.807, 2.05) is 31.4 Å². The normalized spacial score (nSPS) is 18.1. The molecule has 4 rings (SSSR count). The highest BCUT2D eigenvalue weighted by molar-refractivity contribution is 7.17. The number of aromatic nitrogens is 1. The molecule has 0 aliphatic carbocycles. The number of carbonyl (C=O) groups excluding carboxylic acids is 2. The number of hydrogen-bond donors (Lipinski definition) is 4. The number of amides is 2. The molecule has 0 aromatic carbocycles. The van der Waals surface area contributed by atoms with Crippen molar-refractivity contribution in [3.8, 4) is 0 Å². The lowest BCUT2D eigenvalue weighted by Crippen LogP contribution is -2.48. The van der Waals surface area contributed by atoms with Gasteiger partial charge in [-0.3, -0.25) is 9.59 Å². The summed E-state index contributed by atoms with van der Waals surface area (Å²) in [6, 6.07) is 2.46. The van der Waals surface area contributed by atoms with Crippen molar-refractivity contribution in [2.24, 2.45) is 11.8 Å². The highest BCUT2D eigenvalue weighted by Gasteiger charge is 2.30. The van der Waals surface area contributed by atoms with E-state index in [2.05, 4.69) is 20.9 Å². The first kappa shape index (κ1) is 27.5. The summed E-state index contributed by atoms with van der Waals surface area (Å²) in [5.74, 6) is -0.311. The van der Waals surface area contributed by atoms with E-state index in [-0.39, 0.29) is 30.7 Å². The summed E-state index contributed by atoms with van der Waals surface area (Å²) in [4.78, 5) is 45.6. The number of thiazole rings is 1. The minimum absolute atomic E-state index is 0.0544. The lowest BCUT2D eigenvalue weighted by molar-refractivity contribution is -0.141. The van der Waals surface area contributed by atoms with Crippen LogP contribution in [0.15, 0.2) is 17.5 Å². The number of hydrogen-bond acceptors (Lipinski definition) is 8. The first-order chi connectivity index (χ1) is 17.8. The molecule has 0 spiro atoms. The zero-order valence-electron chi connectivity index (χ0n) is 21.5. The molecule has 2 aromatic heterocycles. The zero-order chi connectivity index (χ0) is 26.4. The minimum atomic E-state index is -1.21. The van der Waals surface area contributed by atoms with E-state index in [9.17, 15) is 19.5 Å². The van der Waals surface area contributed by atoms with E-state index >= 15 is 0 Å². The number of carboxylic acids is 1. The Hall–Kier alpha value is -2.50.